The third-order valence-corrected chi connectivity index (χ3v) is 6.77. The van der Waals surface area contributed by atoms with Crippen molar-refractivity contribution in [1.29, 1.82) is 0 Å². The summed E-state index contributed by atoms with van der Waals surface area (Å²) < 4.78 is 16.7. The summed E-state index contributed by atoms with van der Waals surface area (Å²) in [6.45, 7) is 4.05. The van der Waals surface area contributed by atoms with E-state index in [9.17, 15) is 14.7 Å². The van der Waals surface area contributed by atoms with Crippen LogP contribution in [0.25, 0.3) is 0 Å². The first-order valence-electron chi connectivity index (χ1n) is 7.80. The lowest BCUT2D eigenvalue weighted by Crippen LogP contribution is -2.60. The van der Waals surface area contributed by atoms with E-state index in [0.29, 0.717) is 12.8 Å². The molecule has 4 fully saturated rings. The molecule has 118 valence electrons. The molecule has 0 amide bonds. The molecule has 1 spiro atoms. The molecule has 0 aromatic heterocycles. The summed E-state index contributed by atoms with van der Waals surface area (Å²) in [7, 11) is 0. The van der Waals surface area contributed by atoms with Crippen LogP contribution in [0.5, 0.6) is 0 Å². The molecular weight excluding hydrogens is 288 g/mol. The van der Waals surface area contributed by atoms with Crippen LogP contribution >= 0.6 is 0 Å². The molecule has 22 heavy (non-hydrogen) atoms. The first-order chi connectivity index (χ1) is 10.3. The molecule has 3 heterocycles. The van der Waals surface area contributed by atoms with Crippen LogP contribution in [0.15, 0.2) is 11.6 Å². The summed E-state index contributed by atoms with van der Waals surface area (Å²) in [6, 6.07) is 0. The maximum absolute atomic E-state index is 12.5. The Hall–Kier alpha value is -1.40. The first kappa shape index (κ1) is 13.1. The van der Waals surface area contributed by atoms with E-state index in [1.165, 1.54) is 0 Å². The quantitative estimate of drug-likeness (QED) is 0.513. The zero-order valence-electron chi connectivity index (χ0n) is 12.5. The van der Waals surface area contributed by atoms with E-state index in [0.717, 1.165) is 5.57 Å². The highest BCUT2D eigenvalue weighted by Gasteiger charge is 2.81. The summed E-state index contributed by atoms with van der Waals surface area (Å²) in [6.07, 6.45) is 1.41. The predicted octanol–water partition coefficient (Wildman–Crippen LogP) is 0.330. The van der Waals surface area contributed by atoms with Gasteiger partial charge in [-0.1, -0.05) is 6.92 Å². The minimum atomic E-state index is -0.933. The van der Waals surface area contributed by atoms with Gasteiger partial charge in [-0.15, -0.1) is 0 Å². The van der Waals surface area contributed by atoms with Crippen molar-refractivity contribution in [1.82, 2.24) is 0 Å². The number of ether oxygens (including phenoxy) is 3. The van der Waals surface area contributed by atoms with Gasteiger partial charge in [0.2, 0.25) is 0 Å². The third-order valence-electron chi connectivity index (χ3n) is 6.77. The van der Waals surface area contributed by atoms with Crippen LogP contribution in [-0.2, 0) is 23.8 Å². The maximum atomic E-state index is 12.5. The standard InChI is InChI=1S/C16H18O6/c1-14-4-3-8(17)15(2)11(14)10(21-13(15)19)12-16(22-12)6-20-9(18)5-7(14)16/h5,8,10-12,17H,3-4,6H2,1-2H3. The Morgan fingerprint density at radius 3 is 2.86 bits per heavy atom. The van der Waals surface area contributed by atoms with Gasteiger partial charge in [0.25, 0.3) is 0 Å². The number of carbonyl (C=O) groups excluding carboxylic acids is 2. The van der Waals surface area contributed by atoms with Crippen molar-refractivity contribution in [2.24, 2.45) is 16.7 Å². The lowest BCUT2D eigenvalue weighted by molar-refractivity contribution is -0.156. The van der Waals surface area contributed by atoms with Gasteiger partial charge in [0.1, 0.15) is 18.8 Å². The van der Waals surface area contributed by atoms with Crippen molar-refractivity contribution >= 4 is 11.9 Å². The van der Waals surface area contributed by atoms with Gasteiger partial charge >= 0.3 is 11.9 Å². The van der Waals surface area contributed by atoms with Crippen LogP contribution in [0.4, 0.5) is 0 Å². The molecule has 6 heteroatoms. The number of esters is 2. The van der Waals surface area contributed by atoms with Crippen molar-refractivity contribution in [3.8, 4) is 0 Å². The molecule has 2 saturated heterocycles. The van der Waals surface area contributed by atoms with Crippen molar-refractivity contribution in [2.45, 2.75) is 50.6 Å². The molecule has 0 aromatic carbocycles. The second kappa shape index (κ2) is 3.41. The maximum Gasteiger partial charge on any atom is 0.330 e. The van der Waals surface area contributed by atoms with Gasteiger partial charge in [0.05, 0.1) is 11.5 Å². The highest BCUT2D eigenvalue weighted by molar-refractivity contribution is 5.87. The van der Waals surface area contributed by atoms with Gasteiger partial charge in [0, 0.05) is 12.0 Å². The molecule has 5 rings (SSSR count). The monoisotopic (exact) mass is 306 g/mol. The number of epoxide rings is 1. The molecule has 0 aromatic rings. The van der Waals surface area contributed by atoms with Crippen molar-refractivity contribution < 1.29 is 28.9 Å². The third kappa shape index (κ3) is 1.12. The summed E-state index contributed by atoms with van der Waals surface area (Å²) in [5, 5.41) is 10.5. The van der Waals surface area contributed by atoms with Crippen LogP contribution in [0, 0.1) is 16.7 Å². The van der Waals surface area contributed by atoms with Gasteiger partial charge in [0.15, 0.2) is 5.60 Å². The Kier molecular flexibility index (Phi) is 2.03. The van der Waals surface area contributed by atoms with Crippen molar-refractivity contribution in [3.05, 3.63) is 11.6 Å². The SMILES string of the molecule is CC12CCC(O)C3(C)C(=O)OC(C4OC45COC(=O)C=C15)C23. The number of carbonyl (C=O) groups is 2. The van der Waals surface area contributed by atoms with Crippen molar-refractivity contribution in [3.63, 3.8) is 0 Å². The Balaban J connectivity index is 1.74. The minimum absolute atomic E-state index is 0.172. The summed E-state index contributed by atoms with van der Waals surface area (Å²) in [5.41, 5.74) is -1.01. The number of cyclic esters (lactones) is 1. The number of hydrogen-bond acceptors (Lipinski definition) is 6. The van der Waals surface area contributed by atoms with Crippen LogP contribution in [0.3, 0.4) is 0 Å². The summed E-state index contributed by atoms with van der Waals surface area (Å²) in [5.74, 6) is -0.875. The van der Waals surface area contributed by atoms with Crippen LogP contribution < -0.4 is 0 Å². The molecular formula is C16H18O6. The largest absolute Gasteiger partial charge is 0.459 e. The second-order valence-corrected chi connectivity index (χ2v) is 7.70. The van der Waals surface area contributed by atoms with E-state index >= 15 is 0 Å². The highest BCUT2D eigenvalue weighted by atomic mass is 16.7. The number of aliphatic hydroxyl groups excluding tert-OH is 1. The molecule has 0 radical (unpaired) electrons. The summed E-state index contributed by atoms with van der Waals surface area (Å²) >= 11 is 0. The fourth-order valence-electron chi connectivity index (χ4n) is 5.63. The molecule has 6 nitrogen and oxygen atoms in total. The molecule has 7 unspecified atom stereocenters. The molecule has 3 aliphatic heterocycles. The Morgan fingerprint density at radius 1 is 1.32 bits per heavy atom. The number of fused-ring (bicyclic) bond motifs is 2. The second-order valence-electron chi connectivity index (χ2n) is 7.70. The average molecular weight is 306 g/mol. The van der Waals surface area contributed by atoms with Gasteiger partial charge in [-0.05, 0) is 30.8 Å². The Bertz CT molecular complexity index is 655. The van der Waals surface area contributed by atoms with E-state index in [1.807, 2.05) is 0 Å². The van der Waals surface area contributed by atoms with Gasteiger partial charge < -0.3 is 19.3 Å². The van der Waals surface area contributed by atoms with Gasteiger partial charge in [-0.2, -0.15) is 0 Å². The normalized spacial score (nSPS) is 57.9. The fraction of sp³-hybridized carbons (Fsp3) is 0.750. The number of aliphatic hydroxyl groups is 1. The van der Waals surface area contributed by atoms with E-state index < -0.39 is 22.5 Å². The lowest BCUT2D eigenvalue weighted by atomic mass is 9.47. The zero-order chi connectivity index (χ0) is 15.5. The average Bonchev–Trinajstić information content (AvgIpc) is 3.12. The van der Waals surface area contributed by atoms with E-state index in [-0.39, 0.29) is 36.7 Å². The molecule has 5 aliphatic rings. The highest BCUT2D eigenvalue weighted by Crippen LogP contribution is 2.71. The zero-order valence-corrected chi connectivity index (χ0v) is 12.5. The van der Waals surface area contributed by atoms with E-state index in [4.69, 9.17) is 14.2 Å². The Labute approximate surface area is 127 Å². The van der Waals surface area contributed by atoms with Crippen LogP contribution in [0.1, 0.15) is 26.7 Å². The van der Waals surface area contributed by atoms with Gasteiger partial charge in [-0.3, -0.25) is 4.79 Å². The molecule has 2 aliphatic carbocycles. The van der Waals surface area contributed by atoms with Gasteiger partial charge in [-0.25, -0.2) is 4.79 Å². The number of hydrogen-bond donors (Lipinski definition) is 1. The van der Waals surface area contributed by atoms with Crippen LogP contribution in [0.2, 0.25) is 0 Å². The first-order valence-corrected chi connectivity index (χ1v) is 7.80. The molecule has 7 atom stereocenters. The summed E-state index contributed by atoms with van der Waals surface area (Å²) in [4.78, 5) is 24.3. The predicted molar refractivity (Wildman–Crippen MR) is 71.5 cm³/mol. The molecule has 2 saturated carbocycles. The topological polar surface area (TPSA) is 85.4 Å². The molecule has 1 N–H and O–H groups in total. The Morgan fingerprint density at radius 2 is 2.09 bits per heavy atom. The number of rotatable bonds is 0. The smallest absolute Gasteiger partial charge is 0.330 e. The van der Waals surface area contributed by atoms with E-state index in [2.05, 4.69) is 6.92 Å². The van der Waals surface area contributed by atoms with E-state index in [1.54, 1.807) is 13.0 Å². The minimum Gasteiger partial charge on any atom is -0.459 e. The fourth-order valence-corrected chi connectivity index (χ4v) is 5.63. The van der Waals surface area contributed by atoms with Crippen molar-refractivity contribution in [2.75, 3.05) is 6.61 Å². The van der Waals surface area contributed by atoms with Crippen LogP contribution in [-0.4, -0.2) is 47.6 Å². The lowest BCUT2D eigenvalue weighted by Gasteiger charge is -2.54. The molecule has 0 bridgehead atoms.